The number of halogens is 1. The fourth-order valence-corrected chi connectivity index (χ4v) is 3.18. The molecule has 0 aliphatic heterocycles. The average molecular weight is 375 g/mol. The van der Waals surface area contributed by atoms with E-state index >= 15 is 0 Å². The minimum absolute atomic E-state index is 0.0446. The van der Waals surface area contributed by atoms with Crippen LogP contribution in [0.3, 0.4) is 0 Å². The van der Waals surface area contributed by atoms with Crippen molar-refractivity contribution in [1.29, 1.82) is 0 Å². The Bertz CT molecular complexity index is 711. The van der Waals surface area contributed by atoms with Crippen LogP contribution >= 0.6 is 11.6 Å². The van der Waals surface area contributed by atoms with Crippen LogP contribution in [-0.2, 0) is 0 Å². The molecule has 26 heavy (non-hydrogen) atoms. The Labute approximate surface area is 158 Å². The quantitative estimate of drug-likeness (QED) is 0.820. The summed E-state index contributed by atoms with van der Waals surface area (Å²) >= 11 is 5.83. The van der Waals surface area contributed by atoms with E-state index in [2.05, 4.69) is 10.3 Å². The molecule has 3 rings (SSSR count). The van der Waals surface area contributed by atoms with Gasteiger partial charge in [0.2, 0.25) is 5.88 Å². The highest BCUT2D eigenvalue weighted by atomic mass is 35.5. The van der Waals surface area contributed by atoms with Gasteiger partial charge in [-0.15, -0.1) is 0 Å². The second kappa shape index (κ2) is 8.90. The number of nitrogens with one attached hydrogen (secondary N) is 1. The first-order chi connectivity index (χ1) is 12.6. The summed E-state index contributed by atoms with van der Waals surface area (Å²) in [6.07, 6.45) is 5.26. The second-order valence-electron chi connectivity index (χ2n) is 6.34. The van der Waals surface area contributed by atoms with Crippen molar-refractivity contribution >= 4 is 17.5 Å². The lowest BCUT2D eigenvalue weighted by Gasteiger charge is -2.29. The van der Waals surface area contributed by atoms with Gasteiger partial charge in [-0.3, -0.25) is 4.79 Å². The summed E-state index contributed by atoms with van der Waals surface area (Å²) in [6.45, 7) is 2.55. The molecule has 0 bridgehead atoms. The van der Waals surface area contributed by atoms with Crippen molar-refractivity contribution in [3.8, 4) is 11.6 Å². The van der Waals surface area contributed by atoms with E-state index in [-0.39, 0.29) is 18.1 Å². The first-order valence-corrected chi connectivity index (χ1v) is 9.34. The van der Waals surface area contributed by atoms with Crippen LogP contribution in [0.4, 0.5) is 0 Å². The molecule has 1 aliphatic rings. The maximum atomic E-state index is 12.4. The summed E-state index contributed by atoms with van der Waals surface area (Å²) in [4.78, 5) is 16.5. The van der Waals surface area contributed by atoms with Gasteiger partial charge >= 0.3 is 0 Å². The first kappa shape index (κ1) is 18.5. The van der Waals surface area contributed by atoms with Crippen LogP contribution in [0, 0.1) is 0 Å². The molecule has 1 aromatic heterocycles. The third-order valence-electron chi connectivity index (χ3n) is 4.42. The number of hydrogen-bond donors (Lipinski definition) is 1. The fraction of sp³-hybridized carbons (Fsp3) is 0.400. The summed E-state index contributed by atoms with van der Waals surface area (Å²) in [5.74, 6) is 1.32. The summed E-state index contributed by atoms with van der Waals surface area (Å²) in [7, 11) is 0. The Morgan fingerprint density at radius 3 is 2.50 bits per heavy atom. The molecular weight excluding hydrogens is 352 g/mol. The minimum Gasteiger partial charge on any atom is -0.494 e. The number of ether oxygens (including phenoxy) is 2. The molecular formula is C20H23ClN2O3. The lowest BCUT2D eigenvalue weighted by atomic mass is 9.92. The molecule has 0 saturated heterocycles. The molecule has 0 unspecified atom stereocenters. The van der Waals surface area contributed by atoms with Crippen molar-refractivity contribution in [1.82, 2.24) is 10.3 Å². The van der Waals surface area contributed by atoms with Gasteiger partial charge in [0.05, 0.1) is 11.6 Å². The monoisotopic (exact) mass is 374 g/mol. The first-order valence-electron chi connectivity index (χ1n) is 8.96. The van der Waals surface area contributed by atoms with Crippen LogP contribution in [0.25, 0.3) is 0 Å². The highest BCUT2D eigenvalue weighted by molar-refractivity contribution is 6.30. The topological polar surface area (TPSA) is 60.5 Å². The minimum atomic E-state index is -0.0446. The second-order valence-corrected chi connectivity index (χ2v) is 6.77. The smallest absolute Gasteiger partial charge is 0.251 e. The van der Waals surface area contributed by atoms with E-state index in [4.69, 9.17) is 21.1 Å². The van der Waals surface area contributed by atoms with Crippen molar-refractivity contribution in [3.05, 3.63) is 53.2 Å². The highest BCUT2D eigenvalue weighted by Gasteiger charge is 2.24. The van der Waals surface area contributed by atoms with Crippen molar-refractivity contribution in [2.24, 2.45) is 0 Å². The van der Waals surface area contributed by atoms with Gasteiger partial charge in [-0.25, -0.2) is 4.98 Å². The van der Waals surface area contributed by atoms with Crippen molar-refractivity contribution in [3.63, 3.8) is 0 Å². The van der Waals surface area contributed by atoms with Crippen molar-refractivity contribution in [2.45, 2.75) is 44.8 Å². The van der Waals surface area contributed by atoms with E-state index in [1.165, 1.54) is 0 Å². The van der Waals surface area contributed by atoms with Gasteiger partial charge in [0.25, 0.3) is 5.91 Å². The number of pyridine rings is 1. The zero-order valence-corrected chi connectivity index (χ0v) is 15.5. The fourth-order valence-electron chi connectivity index (χ4n) is 3.07. The van der Waals surface area contributed by atoms with E-state index in [0.717, 1.165) is 31.4 Å². The van der Waals surface area contributed by atoms with Crippen LogP contribution in [-0.4, -0.2) is 29.6 Å². The van der Waals surface area contributed by atoms with Gasteiger partial charge in [-0.2, -0.15) is 0 Å². The molecule has 0 spiro atoms. The predicted octanol–water partition coefficient (Wildman–Crippen LogP) is 4.25. The summed E-state index contributed by atoms with van der Waals surface area (Å²) in [5, 5.41) is 3.71. The number of aromatic nitrogens is 1. The Hall–Kier alpha value is -2.27. The Balaban J connectivity index is 1.45. The lowest BCUT2D eigenvalue weighted by Crippen LogP contribution is -2.39. The zero-order chi connectivity index (χ0) is 18.4. The molecule has 0 radical (unpaired) electrons. The van der Waals surface area contributed by atoms with Crippen LogP contribution in [0.2, 0.25) is 5.02 Å². The predicted molar refractivity (Wildman–Crippen MR) is 101 cm³/mol. The molecule has 1 heterocycles. The maximum absolute atomic E-state index is 12.4. The molecule has 1 aromatic carbocycles. The lowest BCUT2D eigenvalue weighted by molar-refractivity contribution is 0.0890. The molecule has 1 aliphatic carbocycles. The zero-order valence-electron chi connectivity index (χ0n) is 14.8. The van der Waals surface area contributed by atoms with Crippen molar-refractivity contribution < 1.29 is 14.3 Å². The Morgan fingerprint density at radius 1 is 1.15 bits per heavy atom. The van der Waals surface area contributed by atoms with Gasteiger partial charge in [-0.05, 0) is 62.9 Å². The van der Waals surface area contributed by atoms with Crippen LogP contribution in [0.1, 0.15) is 43.0 Å². The summed E-state index contributed by atoms with van der Waals surface area (Å²) in [6, 6.07) is 11.0. The number of rotatable bonds is 6. The molecule has 5 nitrogen and oxygen atoms in total. The van der Waals surface area contributed by atoms with Gasteiger partial charge in [0, 0.05) is 23.9 Å². The van der Waals surface area contributed by atoms with E-state index < -0.39 is 0 Å². The van der Waals surface area contributed by atoms with Gasteiger partial charge in [0.1, 0.15) is 11.9 Å². The van der Waals surface area contributed by atoms with Crippen LogP contribution in [0.5, 0.6) is 11.6 Å². The standard InChI is InChI=1S/C20H23ClN2O3/c1-2-25-17-8-3-14(4-9-17)20(24)23-16-6-10-18(11-7-16)26-19-12-5-15(21)13-22-19/h3-5,8-9,12-13,16,18H,2,6-7,10-11H2,1H3,(H,23,24). The third kappa shape index (κ3) is 5.11. The number of carbonyl (C=O) groups is 1. The molecule has 1 saturated carbocycles. The molecule has 1 N–H and O–H groups in total. The number of benzene rings is 1. The number of carbonyl (C=O) groups excluding carboxylic acids is 1. The van der Waals surface area contributed by atoms with E-state index in [1.54, 1.807) is 30.5 Å². The van der Waals surface area contributed by atoms with Crippen LogP contribution in [0.15, 0.2) is 42.6 Å². The van der Waals surface area contributed by atoms with E-state index in [1.807, 2.05) is 19.1 Å². The van der Waals surface area contributed by atoms with Gasteiger partial charge in [-0.1, -0.05) is 11.6 Å². The molecule has 0 atom stereocenters. The SMILES string of the molecule is CCOc1ccc(C(=O)NC2CCC(Oc3ccc(Cl)cn3)CC2)cc1. The summed E-state index contributed by atoms with van der Waals surface area (Å²) in [5.41, 5.74) is 0.650. The molecule has 1 fully saturated rings. The Kier molecular flexibility index (Phi) is 6.34. The summed E-state index contributed by atoms with van der Waals surface area (Å²) < 4.78 is 11.3. The molecule has 6 heteroatoms. The van der Waals surface area contributed by atoms with E-state index in [0.29, 0.717) is 23.1 Å². The normalized spacial score (nSPS) is 19.6. The number of amides is 1. The largest absolute Gasteiger partial charge is 0.494 e. The highest BCUT2D eigenvalue weighted by Crippen LogP contribution is 2.24. The third-order valence-corrected chi connectivity index (χ3v) is 4.65. The van der Waals surface area contributed by atoms with Gasteiger partial charge in [0.15, 0.2) is 0 Å². The molecule has 2 aromatic rings. The molecule has 1 amide bonds. The van der Waals surface area contributed by atoms with E-state index in [9.17, 15) is 4.79 Å². The molecule has 138 valence electrons. The average Bonchev–Trinajstić information content (AvgIpc) is 2.66. The number of nitrogens with zero attached hydrogens (tertiary/aromatic N) is 1. The van der Waals surface area contributed by atoms with Crippen molar-refractivity contribution in [2.75, 3.05) is 6.61 Å². The number of hydrogen-bond acceptors (Lipinski definition) is 4. The van der Waals surface area contributed by atoms with Crippen LogP contribution < -0.4 is 14.8 Å². The maximum Gasteiger partial charge on any atom is 0.251 e. The Morgan fingerprint density at radius 2 is 1.88 bits per heavy atom. The van der Waals surface area contributed by atoms with Gasteiger partial charge < -0.3 is 14.8 Å².